The van der Waals surface area contributed by atoms with E-state index in [1.54, 1.807) is 0 Å². The maximum absolute atomic E-state index is 12.0. The van der Waals surface area contributed by atoms with E-state index in [0.717, 1.165) is 36.3 Å². The summed E-state index contributed by atoms with van der Waals surface area (Å²) in [5.41, 5.74) is 1.16. The number of nitrogens with one attached hydrogen (secondary N) is 1. The van der Waals surface area contributed by atoms with Crippen molar-refractivity contribution in [3.05, 3.63) is 23.8 Å². The minimum atomic E-state index is -3.67. The van der Waals surface area contributed by atoms with E-state index in [2.05, 4.69) is 24.2 Å². The zero-order valence-electron chi connectivity index (χ0n) is 20.4. The van der Waals surface area contributed by atoms with Crippen molar-refractivity contribution in [2.45, 2.75) is 84.4 Å². The number of alkyl halides is 3. The van der Waals surface area contributed by atoms with E-state index in [9.17, 15) is 18.0 Å². The lowest BCUT2D eigenvalue weighted by atomic mass is 10.1. The molecule has 0 aromatic heterocycles. The molecule has 33 heavy (non-hydrogen) atoms. The summed E-state index contributed by atoms with van der Waals surface area (Å²) in [6, 6.07) is 6.13. The van der Waals surface area contributed by atoms with Gasteiger partial charge in [0.1, 0.15) is 13.2 Å². The molecule has 0 aliphatic carbocycles. The Hall–Kier alpha value is -1.96. The third kappa shape index (κ3) is 14.7. The molecule has 0 radical (unpaired) electrons. The largest absolute Gasteiger partial charge is 0.486 e. The number of nitrogens with zero attached hydrogens (tertiary/aromatic N) is 1. The molecule has 0 saturated carbocycles. The van der Waals surface area contributed by atoms with Crippen LogP contribution < -0.4 is 14.8 Å². The van der Waals surface area contributed by atoms with Crippen LogP contribution in [0.15, 0.2) is 18.2 Å². The quantitative estimate of drug-likeness (QED) is 0.463. The highest BCUT2D eigenvalue weighted by atomic mass is 19.4. The van der Waals surface area contributed by atoms with Gasteiger partial charge in [-0.25, -0.2) is 0 Å². The Morgan fingerprint density at radius 3 is 2.21 bits per heavy atom. The average molecular weight is 475 g/mol. The molecule has 1 atom stereocenters. The number of carbonyl (C=O) groups excluding carboxylic acids is 1. The molecule has 2 aliphatic rings. The Morgan fingerprint density at radius 2 is 1.64 bits per heavy atom. The van der Waals surface area contributed by atoms with Crippen molar-refractivity contribution in [3.8, 4) is 11.5 Å². The summed E-state index contributed by atoms with van der Waals surface area (Å²) >= 11 is 0. The number of likely N-dealkylation sites (tertiary alicyclic amines) is 1. The second-order valence-corrected chi connectivity index (χ2v) is 8.57. The molecule has 2 heterocycles. The van der Waals surface area contributed by atoms with Crippen LogP contribution in [0.4, 0.5) is 13.2 Å². The number of hydrogen-bond donors (Lipinski definition) is 1. The van der Waals surface area contributed by atoms with Gasteiger partial charge in [-0.1, -0.05) is 38.7 Å². The van der Waals surface area contributed by atoms with Crippen molar-refractivity contribution < 1.29 is 27.4 Å². The van der Waals surface area contributed by atoms with E-state index < -0.39 is 6.68 Å². The number of ether oxygens (including phenoxy) is 2. The van der Waals surface area contributed by atoms with E-state index in [4.69, 9.17) is 9.47 Å². The van der Waals surface area contributed by atoms with Gasteiger partial charge in [0.25, 0.3) is 0 Å². The van der Waals surface area contributed by atoms with Crippen LogP contribution in [-0.4, -0.2) is 56.9 Å². The topological polar surface area (TPSA) is 50.8 Å². The smallest absolute Gasteiger partial charge is 0.379 e. The summed E-state index contributed by atoms with van der Waals surface area (Å²) in [5.74, 6) is 1.78. The second kappa shape index (κ2) is 17.5. The first kappa shape index (κ1) is 29.1. The molecular weight excluding hydrogens is 433 g/mol. The fourth-order valence-electron chi connectivity index (χ4n) is 3.73. The van der Waals surface area contributed by atoms with Crippen LogP contribution in [0.1, 0.15) is 70.8 Å². The Kier molecular flexibility index (Phi) is 15.4. The number of benzene rings is 1. The summed E-state index contributed by atoms with van der Waals surface area (Å²) in [6.07, 6.45) is 10.1. The summed E-state index contributed by atoms with van der Waals surface area (Å²) in [7, 11) is 2.17. The van der Waals surface area contributed by atoms with Crippen molar-refractivity contribution in [3.63, 3.8) is 0 Å². The summed E-state index contributed by atoms with van der Waals surface area (Å²) in [6.45, 7) is 4.43. The van der Waals surface area contributed by atoms with Gasteiger partial charge < -0.3 is 19.7 Å². The van der Waals surface area contributed by atoms with Gasteiger partial charge in [-0.15, -0.1) is 0 Å². The van der Waals surface area contributed by atoms with Gasteiger partial charge in [0.15, 0.2) is 11.5 Å². The lowest BCUT2D eigenvalue weighted by Gasteiger charge is -2.20. The first-order chi connectivity index (χ1) is 15.8. The Labute approximate surface area is 197 Å². The number of rotatable bonds is 9. The minimum Gasteiger partial charge on any atom is -0.486 e. The highest BCUT2D eigenvalue weighted by molar-refractivity contribution is 5.76. The first-order valence-corrected chi connectivity index (χ1v) is 12.1. The molecule has 1 aromatic rings. The number of fused-ring (bicyclic) bond motifs is 1. The van der Waals surface area contributed by atoms with Gasteiger partial charge in [-0.05, 0) is 70.4 Å². The highest BCUT2D eigenvalue weighted by Gasteiger charge is 2.14. The summed E-state index contributed by atoms with van der Waals surface area (Å²) < 4.78 is 40.1. The molecule has 1 saturated heterocycles. The van der Waals surface area contributed by atoms with Crippen LogP contribution in [-0.2, 0) is 11.2 Å². The molecule has 0 spiro atoms. The fourth-order valence-corrected chi connectivity index (χ4v) is 3.73. The number of amides is 1. The van der Waals surface area contributed by atoms with Crippen LogP contribution in [0.25, 0.3) is 0 Å². The van der Waals surface area contributed by atoms with Crippen molar-refractivity contribution in [1.29, 1.82) is 0 Å². The van der Waals surface area contributed by atoms with Gasteiger partial charge >= 0.3 is 6.68 Å². The maximum Gasteiger partial charge on any atom is 0.379 e. The Morgan fingerprint density at radius 1 is 1.03 bits per heavy atom. The van der Waals surface area contributed by atoms with E-state index in [-0.39, 0.29) is 11.9 Å². The van der Waals surface area contributed by atoms with Gasteiger partial charge in [0, 0.05) is 12.5 Å². The number of halogens is 3. The van der Waals surface area contributed by atoms with Crippen molar-refractivity contribution >= 4 is 5.91 Å². The predicted molar refractivity (Wildman–Crippen MR) is 126 cm³/mol. The van der Waals surface area contributed by atoms with E-state index in [0.29, 0.717) is 19.6 Å². The SMILES string of the molecule is CCCCCCCC(=O)NC(C)Cc1ccc2c(c1)OCCO2.CN1CCCC1.FC(F)F. The van der Waals surface area contributed by atoms with Gasteiger partial charge in [-0.3, -0.25) is 4.79 Å². The number of hydrogen-bond acceptors (Lipinski definition) is 4. The number of carbonyl (C=O) groups is 1. The van der Waals surface area contributed by atoms with Crippen LogP contribution >= 0.6 is 0 Å². The fraction of sp³-hybridized carbons (Fsp3) is 0.720. The highest BCUT2D eigenvalue weighted by Crippen LogP contribution is 2.31. The molecule has 1 unspecified atom stereocenters. The summed E-state index contributed by atoms with van der Waals surface area (Å²) in [5, 5.41) is 3.09. The van der Waals surface area contributed by atoms with Crippen LogP contribution in [0.5, 0.6) is 11.5 Å². The standard InChI is InChI=1S/C19H29NO3.C5H11N.CHF3/c1-3-4-5-6-7-8-19(21)20-15(2)13-16-9-10-17-18(14-16)23-12-11-22-17;1-6-4-2-3-5-6;2-1(3)4/h9-10,14-15H,3-8,11-13H2,1-2H3,(H,20,21);2-5H2,1H3;1H. The van der Waals surface area contributed by atoms with Crippen LogP contribution in [0.3, 0.4) is 0 Å². The Bertz CT molecular complexity index is 653. The molecule has 2 aliphatic heterocycles. The lowest BCUT2D eigenvalue weighted by Crippen LogP contribution is -2.33. The molecule has 0 bridgehead atoms. The molecule has 1 amide bonds. The monoisotopic (exact) mass is 474 g/mol. The third-order valence-corrected chi connectivity index (χ3v) is 5.39. The van der Waals surface area contributed by atoms with E-state index in [1.807, 2.05) is 25.1 Å². The van der Waals surface area contributed by atoms with E-state index in [1.165, 1.54) is 45.2 Å². The first-order valence-electron chi connectivity index (χ1n) is 12.1. The number of unbranched alkanes of at least 4 members (excludes halogenated alkanes) is 4. The van der Waals surface area contributed by atoms with Crippen molar-refractivity contribution in [2.75, 3.05) is 33.4 Å². The molecule has 1 fully saturated rings. The van der Waals surface area contributed by atoms with Gasteiger partial charge in [-0.2, -0.15) is 13.2 Å². The second-order valence-electron chi connectivity index (χ2n) is 8.57. The molecule has 3 rings (SSSR count). The maximum atomic E-state index is 12.0. The average Bonchev–Trinajstić information content (AvgIpc) is 3.24. The lowest BCUT2D eigenvalue weighted by molar-refractivity contribution is -0.121. The molecule has 190 valence electrons. The van der Waals surface area contributed by atoms with Crippen molar-refractivity contribution in [2.24, 2.45) is 0 Å². The molecule has 8 heteroatoms. The van der Waals surface area contributed by atoms with Crippen molar-refractivity contribution in [1.82, 2.24) is 10.2 Å². The normalized spacial score (nSPS) is 15.7. The van der Waals surface area contributed by atoms with Gasteiger partial charge in [0.05, 0.1) is 0 Å². The predicted octanol–water partition coefficient (Wildman–Crippen LogP) is 5.76. The molecular formula is C25H41F3N2O3. The van der Waals surface area contributed by atoms with Gasteiger partial charge in [0.2, 0.25) is 5.91 Å². The Balaban J connectivity index is 0.000000450. The third-order valence-electron chi connectivity index (χ3n) is 5.39. The minimum absolute atomic E-state index is 0.126. The molecule has 1 N–H and O–H groups in total. The van der Waals surface area contributed by atoms with Crippen LogP contribution in [0.2, 0.25) is 0 Å². The summed E-state index contributed by atoms with van der Waals surface area (Å²) in [4.78, 5) is 14.3. The van der Waals surface area contributed by atoms with E-state index >= 15 is 0 Å². The molecule has 1 aromatic carbocycles. The zero-order chi connectivity index (χ0) is 24.5. The molecule has 5 nitrogen and oxygen atoms in total. The van der Waals surface area contributed by atoms with Crippen LogP contribution in [0, 0.1) is 0 Å². The zero-order valence-corrected chi connectivity index (χ0v) is 20.4.